The molecular formula is C15H22N2O. The van der Waals surface area contributed by atoms with Gasteiger partial charge in [-0.15, -0.1) is 0 Å². The molecule has 1 aromatic carbocycles. The largest absolute Gasteiger partial charge is 0.496 e. The Morgan fingerprint density at radius 2 is 2.22 bits per heavy atom. The molecule has 0 fully saturated rings. The van der Waals surface area contributed by atoms with Crippen LogP contribution in [0.1, 0.15) is 50.2 Å². The zero-order valence-corrected chi connectivity index (χ0v) is 11.5. The average Bonchev–Trinajstić information content (AvgIpc) is 2.75. The molecule has 0 bridgehead atoms. The van der Waals surface area contributed by atoms with E-state index in [4.69, 9.17) is 10.5 Å². The average molecular weight is 246 g/mol. The fourth-order valence-electron chi connectivity index (χ4n) is 2.56. The molecular weight excluding hydrogens is 224 g/mol. The minimum absolute atomic E-state index is 0.527. The number of methoxy groups -OCH3 is 1. The Kier molecular flexibility index (Phi) is 3.90. The second-order valence-electron chi connectivity index (χ2n) is 5.01. The van der Waals surface area contributed by atoms with E-state index in [2.05, 4.69) is 24.9 Å². The molecule has 1 aromatic rings. The molecule has 3 nitrogen and oxygen atoms in total. The van der Waals surface area contributed by atoms with Gasteiger partial charge in [0.15, 0.2) is 0 Å². The molecule has 0 saturated heterocycles. The first-order chi connectivity index (χ1) is 8.67. The van der Waals surface area contributed by atoms with Crippen molar-refractivity contribution in [2.45, 2.75) is 45.4 Å². The van der Waals surface area contributed by atoms with Crippen LogP contribution in [0.5, 0.6) is 5.75 Å². The van der Waals surface area contributed by atoms with Gasteiger partial charge in [0.05, 0.1) is 12.8 Å². The maximum atomic E-state index is 5.87. The van der Waals surface area contributed by atoms with E-state index in [-0.39, 0.29) is 0 Å². The summed E-state index contributed by atoms with van der Waals surface area (Å²) >= 11 is 0. The van der Waals surface area contributed by atoms with Gasteiger partial charge in [0.1, 0.15) is 11.6 Å². The number of fused-ring (bicyclic) bond motifs is 1. The normalized spacial score (nSPS) is 15.2. The van der Waals surface area contributed by atoms with Gasteiger partial charge in [0.25, 0.3) is 0 Å². The highest BCUT2D eigenvalue weighted by Gasteiger charge is 2.22. The van der Waals surface area contributed by atoms with Crippen molar-refractivity contribution < 1.29 is 4.74 Å². The molecule has 0 aliphatic carbocycles. The lowest BCUT2D eigenvalue weighted by Gasteiger charge is -2.16. The van der Waals surface area contributed by atoms with E-state index in [0.717, 1.165) is 17.0 Å². The number of nitrogens with two attached hydrogens (primary N) is 1. The van der Waals surface area contributed by atoms with Gasteiger partial charge < -0.3 is 10.5 Å². The van der Waals surface area contributed by atoms with Crippen LogP contribution in [0.3, 0.4) is 0 Å². The van der Waals surface area contributed by atoms with E-state index in [1.165, 1.54) is 24.8 Å². The van der Waals surface area contributed by atoms with E-state index >= 15 is 0 Å². The van der Waals surface area contributed by atoms with Crippen LogP contribution in [0.4, 0.5) is 5.69 Å². The highest BCUT2D eigenvalue weighted by molar-refractivity contribution is 5.93. The monoisotopic (exact) mass is 246 g/mol. The molecule has 2 N–H and O–H groups in total. The Morgan fingerprint density at radius 1 is 1.44 bits per heavy atom. The summed E-state index contributed by atoms with van der Waals surface area (Å²) in [5, 5.41) is 0. The molecule has 1 unspecified atom stereocenters. The molecule has 0 amide bonds. The van der Waals surface area contributed by atoms with Crippen LogP contribution in [0.15, 0.2) is 17.1 Å². The van der Waals surface area contributed by atoms with Crippen molar-refractivity contribution in [3.05, 3.63) is 23.3 Å². The second-order valence-corrected chi connectivity index (χ2v) is 5.01. The van der Waals surface area contributed by atoms with Gasteiger partial charge >= 0.3 is 0 Å². The predicted molar refractivity (Wildman–Crippen MR) is 75.9 cm³/mol. The van der Waals surface area contributed by atoms with E-state index in [1.54, 1.807) is 7.11 Å². The van der Waals surface area contributed by atoms with Crippen LogP contribution < -0.4 is 10.5 Å². The van der Waals surface area contributed by atoms with Gasteiger partial charge in [-0.3, -0.25) is 0 Å². The maximum Gasteiger partial charge on any atom is 0.124 e. The number of amidine groups is 1. The summed E-state index contributed by atoms with van der Waals surface area (Å²) in [4.78, 5) is 4.50. The summed E-state index contributed by atoms with van der Waals surface area (Å²) in [6.45, 7) is 4.49. The first-order valence-corrected chi connectivity index (χ1v) is 6.70. The summed E-state index contributed by atoms with van der Waals surface area (Å²) in [7, 11) is 1.70. The fraction of sp³-hybridized carbons (Fsp3) is 0.533. The predicted octanol–water partition coefficient (Wildman–Crippen LogP) is 3.53. The summed E-state index contributed by atoms with van der Waals surface area (Å²) in [6.07, 6.45) is 4.40. The number of benzene rings is 1. The van der Waals surface area contributed by atoms with Gasteiger partial charge in [-0.05, 0) is 24.0 Å². The Morgan fingerprint density at radius 3 is 2.89 bits per heavy atom. The number of hydrogen-bond acceptors (Lipinski definition) is 3. The molecule has 0 spiro atoms. The van der Waals surface area contributed by atoms with Crippen molar-refractivity contribution in [1.29, 1.82) is 0 Å². The third-order valence-corrected chi connectivity index (χ3v) is 3.63. The zero-order valence-electron chi connectivity index (χ0n) is 11.5. The Hall–Kier alpha value is -1.51. The highest BCUT2D eigenvalue weighted by atomic mass is 16.5. The molecule has 3 heteroatoms. The Labute approximate surface area is 109 Å². The molecule has 18 heavy (non-hydrogen) atoms. The van der Waals surface area contributed by atoms with Crippen LogP contribution in [0.2, 0.25) is 0 Å². The van der Waals surface area contributed by atoms with Crippen molar-refractivity contribution in [3.63, 3.8) is 0 Å². The molecule has 1 heterocycles. The molecule has 1 aliphatic rings. The van der Waals surface area contributed by atoms with Gasteiger partial charge in [-0.2, -0.15) is 0 Å². The van der Waals surface area contributed by atoms with Crippen LogP contribution >= 0.6 is 0 Å². The highest BCUT2D eigenvalue weighted by Crippen LogP contribution is 2.41. The lowest BCUT2D eigenvalue weighted by atomic mass is 9.92. The summed E-state index contributed by atoms with van der Waals surface area (Å²) in [6, 6.07) is 4.19. The Bertz CT molecular complexity index is 466. The van der Waals surface area contributed by atoms with Crippen LogP contribution in [0.25, 0.3) is 0 Å². The minimum Gasteiger partial charge on any atom is -0.496 e. The van der Waals surface area contributed by atoms with Crippen molar-refractivity contribution in [2.24, 2.45) is 10.7 Å². The van der Waals surface area contributed by atoms with Crippen molar-refractivity contribution >= 4 is 11.5 Å². The summed E-state index contributed by atoms with van der Waals surface area (Å²) in [5.74, 6) is 2.12. The van der Waals surface area contributed by atoms with Crippen molar-refractivity contribution in [2.75, 3.05) is 7.11 Å². The van der Waals surface area contributed by atoms with Gasteiger partial charge in [0, 0.05) is 12.0 Å². The van der Waals surface area contributed by atoms with Crippen LogP contribution in [-0.2, 0) is 6.42 Å². The first kappa shape index (κ1) is 12.9. The minimum atomic E-state index is 0.527. The number of rotatable bonds is 5. The van der Waals surface area contributed by atoms with Crippen molar-refractivity contribution in [3.8, 4) is 5.75 Å². The van der Waals surface area contributed by atoms with E-state index in [1.807, 2.05) is 6.07 Å². The van der Waals surface area contributed by atoms with Gasteiger partial charge in [-0.1, -0.05) is 32.8 Å². The van der Waals surface area contributed by atoms with Crippen molar-refractivity contribution in [1.82, 2.24) is 0 Å². The zero-order chi connectivity index (χ0) is 13.1. The quantitative estimate of drug-likeness (QED) is 0.864. The number of unbranched alkanes of at least 4 members (excludes halogenated alkanes) is 1. The van der Waals surface area contributed by atoms with E-state index in [0.29, 0.717) is 18.2 Å². The van der Waals surface area contributed by atoms with E-state index in [9.17, 15) is 0 Å². The molecule has 0 saturated carbocycles. The molecule has 1 aliphatic heterocycles. The summed E-state index contributed by atoms with van der Waals surface area (Å²) in [5.41, 5.74) is 9.38. The van der Waals surface area contributed by atoms with Gasteiger partial charge in [-0.25, -0.2) is 4.99 Å². The van der Waals surface area contributed by atoms with E-state index < -0.39 is 0 Å². The van der Waals surface area contributed by atoms with Crippen LogP contribution in [0, 0.1) is 0 Å². The number of hydrogen-bond donors (Lipinski definition) is 1. The first-order valence-electron chi connectivity index (χ1n) is 6.70. The van der Waals surface area contributed by atoms with Gasteiger partial charge in [0.2, 0.25) is 0 Å². The SMILES string of the molecule is CCCCC(C)c1ccc(OC)c2c1N=C(N)C2. The van der Waals surface area contributed by atoms with Crippen LogP contribution in [-0.4, -0.2) is 12.9 Å². The lowest BCUT2D eigenvalue weighted by molar-refractivity contribution is 0.411. The third kappa shape index (κ3) is 2.35. The molecule has 0 aromatic heterocycles. The lowest BCUT2D eigenvalue weighted by Crippen LogP contribution is -2.10. The molecule has 98 valence electrons. The summed E-state index contributed by atoms with van der Waals surface area (Å²) < 4.78 is 5.39. The molecule has 0 radical (unpaired) electrons. The number of ether oxygens (including phenoxy) is 1. The molecule has 1 atom stereocenters. The fourth-order valence-corrected chi connectivity index (χ4v) is 2.56. The standard InChI is InChI=1S/C15H22N2O/c1-4-5-6-10(2)11-7-8-13(18-3)12-9-14(16)17-15(11)12/h7-8,10H,4-6,9H2,1-3H3,(H2,16,17). The molecule has 2 rings (SSSR count). The third-order valence-electron chi connectivity index (χ3n) is 3.63. The smallest absolute Gasteiger partial charge is 0.124 e. The topological polar surface area (TPSA) is 47.6 Å². The number of nitrogens with zero attached hydrogens (tertiary/aromatic N) is 1. The maximum absolute atomic E-state index is 5.87. The number of aliphatic imine (C=N–C) groups is 1. The second kappa shape index (κ2) is 5.42. The Balaban J connectivity index is 2.35.